The molecule has 0 radical (unpaired) electrons. The van der Waals surface area contributed by atoms with E-state index >= 15 is 0 Å². The largest absolute Gasteiger partial charge is 0.396 e. The predicted molar refractivity (Wildman–Crippen MR) is 101 cm³/mol. The van der Waals surface area contributed by atoms with E-state index in [4.69, 9.17) is 5.11 Å². The van der Waals surface area contributed by atoms with E-state index < -0.39 is 0 Å². The second-order valence-corrected chi connectivity index (χ2v) is 7.46. The number of nitrogens with one attached hydrogen (secondary N) is 2. The van der Waals surface area contributed by atoms with Crippen molar-refractivity contribution in [3.8, 4) is 0 Å². The average molecular weight is 348 g/mol. The molecule has 1 fully saturated rings. The molecule has 0 aromatic heterocycles. The third-order valence-electron chi connectivity index (χ3n) is 5.14. The fourth-order valence-electron chi connectivity index (χ4n) is 3.37. The highest BCUT2D eigenvalue weighted by Crippen LogP contribution is 2.16. The summed E-state index contributed by atoms with van der Waals surface area (Å²) in [7, 11) is 0. The topological polar surface area (TPSA) is 64.6 Å². The Bertz CT molecular complexity index is 539. The van der Waals surface area contributed by atoms with Gasteiger partial charge in [-0.3, -0.25) is 4.90 Å². The molecular formula is C20H33N3O2. The van der Waals surface area contributed by atoms with Crippen LogP contribution >= 0.6 is 0 Å². The Hall–Kier alpha value is -1.59. The van der Waals surface area contributed by atoms with Crippen LogP contribution in [0.3, 0.4) is 0 Å². The number of aliphatic hydroxyl groups excluding tert-OH is 1. The first-order chi connectivity index (χ1) is 12.0. The number of hydrogen-bond acceptors (Lipinski definition) is 3. The quantitative estimate of drug-likeness (QED) is 0.710. The number of hydrogen-bond donors (Lipinski definition) is 3. The Morgan fingerprint density at radius 2 is 1.96 bits per heavy atom. The molecule has 1 atom stereocenters. The normalized spacial score (nSPS) is 17.5. The summed E-state index contributed by atoms with van der Waals surface area (Å²) in [5.74, 6) is 0.314. The molecule has 0 aliphatic carbocycles. The molecule has 1 aromatic carbocycles. The van der Waals surface area contributed by atoms with Gasteiger partial charge in [-0.2, -0.15) is 0 Å². The van der Waals surface area contributed by atoms with Gasteiger partial charge < -0.3 is 15.7 Å². The molecule has 1 saturated heterocycles. The minimum atomic E-state index is -0.107. The second-order valence-electron chi connectivity index (χ2n) is 7.46. The molecule has 0 saturated carbocycles. The monoisotopic (exact) mass is 347 g/mol. The molecule has 2 rings (SSSR count). The fraction of sp³-hybridized carbons (Fsp3) is 0.650. The van der Waals surface area contributed by atoms with Crippen LogP contribution < -0.4 is 10.6 Å². The number of carbonyl (C=O) groups is 1. The van der Waals surface area contributed by atoms with Gasteiger partial charge in [0.25, 0.3) is 0 Å². The average Bonchev–Trinajstić information content (AvgIpc) is 2.58. The summed E-state index contributed by atoms with van der Waals surface area (Å²) in [6.45, 7) is 9.37. The van der Waals surface area contributed by atoms with E-state index in [-0.39, 0.29) is 24.7 Å². The predicted octanol–water partition coefficient (Wildman–Crippen LogP) is 2.67. The van der Waals surface area contributed by atoms with Crippen LogP contribution in [0.4, 0.5) is 4.79 Å². The first-order valence-corrected chi connectivity index (χ1v) is 9.44. The van der Waals surface area contributed by atoms with Crippen molar-refractivity contribution < 1.29 is 9.90 Å². The van der Waals surface area contributed by atoms with Crippen LogP contribution in [-0.4, -0.2) is 47.8 Å². The molecule has 1 heterocycles. The molecule has 1 aliphatic heterocycles. The van der Waals surface area contributed by atoms with E-state index in [9.17, 15) is 4.79 Å². The van der Waals surface area contributed by atoms with E-state index in [0.717, 1.165) is 32.5 Å². The van der Waals surface area contributed by atoms with E-state index in [1.807, 2.05) is 0 Å². The van der Waals surface area contributed by atoms with Crippen LogP contribution in [-0.2, 0) is 6.54 Å². The van der Waals surface area contributed by atoms with Gasteiger partial charge in [-0.15, -0.1) is 0 Å². The number of rotatable bonds is 7. The number of likely N-dealkylation sites (tertiary alicyclic amines) is 1. The molecule has 1 aliphatic rings. The standard InChI is InChI=1S/C20H33N3O2/c1-15(2)19(10-13-24)22-20(25)21-18-8-11-23(12-9-18)14-17-7-5-4-6-16(17)3/h4-7,15,18-19,24H,8-14H2,1-3H3,(H2,21,22,25). The number of amides is 2. The number of benzene rings is 1. The molecule has 5 heteroatoms. The smallest absolute Gasteiger partial charge is 0.315 e. The third kappa shape index (κ3) is 6.33. The van der Waals surface area contributed by atoms with Crippen molar-refractivity contribution in [1.29, 1.82) is 0 Å². The zero-order valence-electron chi connectivity index (χ0n) is 15.8. The minimum absolute atomic E-state index is 0.0196. The Labute approximate surface area is 151 Å². The number of carbonyl (C=O) groups excluding carboxylic acids is 1. The first-order valence-electron chi connectivity index (χ1n) is 9.44. The highest BCUT2D eigenvalue weighted by Gasteiger charge is 2.22. The Kier molecular flexibility index (Phi) is 7.72. The van der Waals surface area contributed by atoms with Crippen molar-refractivity contribution in [2.24, 2.45) is 5.92 Å². The van der Waals surface area contributed by atoms with Crippen molar-refractivity contribution >= 4 is 6.03 Å². The number of nitrogens with zero attached hydrogens (tertiary/aromatic N) is 1. The maximum absolute atomic E-state index is 12.2. The molecule has 5 nitrogen and oxygen atoms in total. The summed E-state index contributed by atoms with van der Waals surface area (Å²) in [5.41, 5.74) is 2.72. The van der Waals surface area contributed by atoms with Gasteiger partial charge in [-0.05, 0) is 43.2 Å². The van der Waals surface area contributed by atoms with Crippen molar-refractivity contribution in [2.45, 2.75) is 58.7 Å². The van der Waals surface area contributed by atoms with Crippen LogP contribution in [0.5, 0.6) is 0 Å². The van der Waals surface area contributed by atoms with Gasteiger partial charge in [-0.25, -0.2) is 4.79 Å². The highest BCUT2D eigenvalue weighted by atomic mass is 16.3. The number of piperidine rings is 1. The van der Waals surface area contributed by atoms with Crippen LogP contribution in [0.25, 0.3) is 0 Å². The number of aryl methyl sites for hydroxylation is 1. The van der Waals surface area contributed by atoms with Gasteiger partial charge in [0.15, 0.2) is 0 Å². The highest BCUT2D eigenvalue weighted by molar-refractivity contribution is 5.74. The van der Waals surface area contributed by atoms with E-state index in [0.29, 0.717) is 12.3 Å². The lowest BCUT2D eigenvalue weighted by Gasteiger charge is -2.33. The fourth-order valence-corrected chi connectivity index (χ4v) is 3.37. The molecule has 0 bridgehead atoms. The van der Waals surface area contributed by atoms with Crippen molar-refractivity contribution in [1.82, 2.24) is 15.5 Å². The zero-order valence-corrected chi connectivity index (χ0v) is 15.8. The van der Waals surface area contributed by atoms with Gasteiger partial charge in [0.05, 0.1) is 0 Å². The van der Waals surface area contributed by atoms with Crippen LogP contribution in [0.1, 0.15) is 44.2 Å². The molecule has 0 spiro atoms. The summed E-state index contributed by atoms with van der Waals surface area (Å²) in [6, 6.07) is 8.67. The summed E-state index contributed by atoms with van der Waals surface area (Å²) in [4.78, 5) is 14.7. The first kappa shape index (κ1) is 19.7. The molecule has 1 unspecified atom stereocenters. The Morgan fingerprint density at radius 1 is 1.28 bits per heavy atom. The third-order valence-corrected chi connectivity index (χ3v) is 5.14. The minimum Gasteiger partial charge on any atom is -0.396 e. The lowest BCUT2D eigenvalue weighted by atomic mass is 10.0. The molecule has 140 valence electrons. The van der Waals surface area contributed by atoms with Crippen molar-refractivity contribution in [3.05, 3.63) is 35.4 Å². The van der Waals surface area contributed by atoms with Gasteiger partial charge in [-0.1, -0.05) is 38.1 Å². The molecule has 25 heavy (non-hydrogen) atoms. The lowest BCUT2D eigenvalue weighted by molar-refractivity contribution is 0.182. The SMILES string of the molecule is Cc1ccccc1CN1CCC(NC(=O)NC(CCO)C(C)C)CC1. The molecule has 1 aromatic rings. The summed E-state index contributed by atoms with van der Waals surface area (Å²) < 4.78 is 0. The van der Waals surface area contributed by atoms with Crippen LogP contribution in [0, 0.1) is 12.8 Å². The van der Waals surface area contributed by atoms with Gasteiger partial charge >= 0.3 is 6.03 Å². The van der Waals surface area contributed by atoms with Gasteiger partial charge in [0.1, 0.15) is 0 Å². The van der Waals surface area contributed by atoms with E-state index in [2.05, 4.69) is 60.6 Å². The second kappa shape index (κ2) is 9.78. The van der Waals surface area contributed by atoms with Crippen molar-refractivity contribution in [2.75, 3.05) is 19.7 Å². The molecule has 2 amide bonds. The number of aliphatic hydroxyl groups is 1. The van der Waals surface area contributed by atoms with E-state index in [1.165, 1.54) is 11.1 Å². The molecule has 3 N–H and O–H groups in total. The summed E-state index contributed by atoms with van der Waals surface area (Å²) >= 11 is 0. The van der Waals surface area contributed by atoms with Crippen molar-refractivity contribution in [3.63, 3.8) is 0 Å². The summed E-state index contributed by atoms with van der Waals surface area (Å²) in [5, 5.41) is 15.2. The number of urea groups is 1. The van der Waals surface area contributed by atoms with Gasteiger partial charge in [0, 0.05) is 38.3 Å². The summed E-state index contributed by atoms with van der Waals surface area (Å²) in [6.07, 6.45) is 2.55. The van der Waals surface area contributed by atoms with Crippen LogP contribution in [0.15, 0.2) is 24.3 Å². The lowest BCUT2D eigenvalue weighted by Crippen LogP contribution is -2.51. The maximum Gasteiger partial charge on any atom is 0.315 e. The zero-order chi connectivity index (χ0) is 18.2. The maximum atomic E-state index is 12.2. The molecular weight excluding hydrogens is 314 g/mol. The Balaban J connectivity index is 1.74. The van der Waals surface area contributed by atoms with Crippen LogP contribution in [0.2, 0.25) is 0 Å². The van der Waals surface area contributed by atoms with E-state index in [1.54, 1.807) is 0 Å². The van der Waals surface area contributed by atoms with Gasteiger partial charge in [0.2, 0.25) is 0 Å². The Morgan fingerprint density at radius 3 is 2.56 bits per heavy atom.